The number of hydrogen-bond donors (Lipinski definition) is 0. The Bertz CT molecular complexity index is 717. The third kappa shape index (κ3) is 2.44. The zero-order valence-corrected chi connectivity index (χ0v) is 16.2. The minimum absolute atomic E-state index is 0.194. The van der Waals surface area contributed by atoms with Crippen LogP contribution in [0.25, 0.3) is 0 Å². The van der Waals surface area contributed by atoms with E-state index in [9.17, 15) is 9.59 Å². The lowest BCUT2D eigenvalue weighted by molar-refractivity contribution is -0.165. The van der Waals surface area contributed by atoms with Crippen molar-refractivity contribution in [1.29, 1.82) is 0 Å². The molecule has 1 spiro atoms. The number of piperidine rings is 1. The second kappa shape index (κ2) is 6.08. The molecule has 2 heterocycles. The lowest BCUT2D eigenvalue weighted by Gasteiger charge is -2.41. The number of hydrogen-bond acceptors (Lipinski definition) is 4. The predicted molar refractivity (Wildman–Crippen MR) is 96.5 cm³/mol. The zero-order valence-electron chi connectivity index (χ0n) is 15.5. The molecular weight excluding hydrogens is 340 g/mol. The first kappa shape index (κ1) is 18.4. The van der Waals surface area contributed by atoms with E-state index in [0.29, 0.717) is 31.5 Å². The van der Waals surface area contributed by atoms with Crippen LogP contribution < -0.4 is 0 Å². The highest BCUT2D eigenvalue weighted by atomic mass is 35.5. The van der Waals surface area contributed by atoms with Gasteiger partial charge in [-0.05, 0) is 50.3 Å². The van der Waals surface area contributed by atoms with E-state index in [1.165, 1.54) is 0 Å². The van der Waals surface area contributed by atoms with Gasteiger partial charge in [0.15, 0.2) is 5.78 Å². The molecule has 0 saturated carbocycles. The maximum Gasteiger partial charge on any atom is 0.256 e. The van der Waals surface area contributed by atoms with Crippen LogP contribution in [-0.2, 0) is 19.3 Å². The number of benzene rings is 1. The van der Waals surface area contributed by atoms with Crippen molar-refractivity contribution in [2.24, 2.45) is 0 Å². The topological polar surface area (TPSA) is 49.9 Å². The average Bonchev–Trinajstić information content (AvgIpc) is 2.70. The van der Waals surface area contributed by atoms with E-state index in [4.69, 9.17) is 16.4 Å². The summed E-state index contributed by atoms with van der Waals surface area (Å²) >= 11 is 6.86. The molecule has 0 bridgehead atoms. The molecule has 0 radical (unpaired) electrons. The minimum atomic E-state index is -1.63. The molecule has 1 aromatic carbocycles. The van der Waals surface area contributed by atoms with Crippen LogP contribution in [0.5, 0.6) is 0 Å². The van der Waals surface area contributed by atoms with Gasteiger partial charge in [-0.1, -0.05) is 29.3 Å². The van der Waals surface area contributed by atoms with Gasteiger partial charge in [-0.15, -0.1) is 0 Å². The summed E-state index contributed by atoms with van der Waals surface area (Å²) in [6.45, 7) is 7.02. The van der Waals surface area contributed by atoms with Crippen molar-refractivity contribution in [1.82, 2.24) is 9.96 Å². The molecule has 1 unspecified atom stereocenters. The molecule has 2 aliphatic heterocycles. The first-order valence-electron chi connectivity index (χ1n) is 8.58. The molecule has 25 heavy (non-hydrogen) atoms. The molecular formula is C19H25ClN2O3. The van der Waals surface area contributed by atoms with Crippen molar-refractivity contribution in [3.8, 4) is 0 Å². The summed E-state index contributed by atoms with van der Waals surface area (Å²) in [5.41, 5.74) is 2.65. The van der Waals surface area contributed by atoms with Crippen LogP contribution in [0.4, 0.5) is 0 Å². The quantitative estimate of drug-likeness (QED) is 0.597. The molecule has 2 aliphatic rings. The number of halogens is 1. The van der Waals surface area contributed by atoms with E-state index in [2.05, 4.69) is 0 Å². The zero-order chi connectivity index (χ0) is 18.6. The second-order valence-electron chi connectivity index (χ2n) is 7.27. The molecule has 3 rings (SSSR count). The van der Waals surface area contributed by atoms with Gasteiger partial charge in [-0.25, -0.2) is 0 Å². The summed E-state index contributed by atoms with van der Waals surface area (Å²) in [5, 5.41) is 1.81. The van der Waals surface area contributed by atoms with Crippen LogP contribution in [-0.4, -0.2) is 54.4 Å². The Kier molecular flexibility index (Phi) is 4.46. The Balaban J connectivity index is 2.10. The summed E-state index contributed by atoms with van der Waals surface area (Å²) in [6, 6.07) is 3.96. The molecule has 5 nitrogen and oxygen atoms in total. The van der Waals surface area contributed by atoms with E-state index in [1.807, 2.05) is 38.0 Å². The van der Waals surface area contributed by atoms with Crippen molar-refractivity contribution in [2.45, 2.75) is 44.0 Å². The smallest absolute Gasteiger partial charge is 0.256 e. The number of carbonyl (C=O) groups excluding carboxylic acids is 2. The Morgan fingerprint density at radius 1 is 1.08 bits per heavy atom. The van der Waals surface area contributed by atoms with E-state index in [0.717, 1.165) is 16.7 Å². The largest absolute Gasteiger partial charge is 0.331 e. The van der Waals surface area contributed by atoms with Gasteiger partial charge in [0, 0.05) is 20.1 Å². The molecule has 2 fully saturated rings. The number of nitrogens with zero attached hydrogens (tertiary/aromatic N) is 2. The molecule has 1 amide bonds. The Morgan fingerprint density at radius 2 is 1.60 bits per heavy atom. The maximum absolute atomic E-state index is 13.6. The van der Waals surface area contributed by atoms with Crippen LogP contribution in [0.3, 0.4) is 0 Å². The van der Waals surface area contributed by atoms with Crippen molar-refractivity contribution >= 4 is 23.3 Å². The van der Waals surface area contributed by atoms with Gasteiger partial charge in [-0.2, -0.15) is 5.06 Å². The van der Waals surface area contributed by atoms with Crippen molar-refractivity contribution in [3.63, 3.8) is 0 Å². The Morgan fingerprint density at radius 3 is 2.08 bits per heavy atom. The van der Waals surface area contributed by atoms with Gasteiger partial charge in [0.1, 0.15) is 5.54 Å². The van der Waals surface area contributed by atoms with Gasteiger partial charge in [0.2, 0.25) is 4.87 Å². The summed E-state index contributed by atoms with van der Waals surface area (Å²) < 4.78 is 0. The first-order chi connectivity index (χ1) is 11.7. The van der Waals surface area contributed by atoms with Gasteiger partial charge < -0.3 is 9.74 Å². The lowest BCUT2D eigenvalue weighted by atomic mass is 9.78. The number of Topliss-reactive ketones (excluding diaryl/α,β-unsaturated/α-hetero) is 1. The fourth-order valence-electron chi connectivity index (χ4n) is 4.54. The molecule has 1 aromatic rings. The summed E-state index contributed by atoms with van der Waals surface area (Å²) in [6.07, 6.45) is 1.06. The number of ketones is 1. The van der Waals surface area contributed by atoms with Crippen molar-refractivity contribution in [2.75, 3.05) is 27.2 Å². The predicted octanol–water partition coefficient (Wildman–Crippen LogP) is 2.48. The number of rotatable bonds is 2. The van der Waals surface area contributed by atoms with Crippen LogP contribution in [0, 0.1) is 20.8 Å². The van der Waals surface area contributed by atoms with Crippen LogP contribution in [0.1, 0.15) is 35.1 Å². The molecule has 0 aromatic heterocycles. The highest BCUT2D eigenvalue weighted by Crippen LogP contribution is 2.49. The van der Waals surface area contributed by atoms with Gasteiger partial charge in [0.25, 0.3) is 5.91 Å². The molecule has 136 valence electrons. The number of carbonyl (C=O) groups is 2. The fourth-order valence-corrected chi connectivity index (χ4v) is 5.14. The van der Waals surface area contributed by atoms with Crippen LogP contribution >= 0.6 is 11.6 Å². The molecule has 0 aliphatic carbocycles. The lowest BCUT2D eigenvalue weighted by Crippen LogP contribution is -2.55. The molecule has 1 atom stereocenters. The summed E-state index contributed by atoms with van der Waals surface area (Å²) in [5.74, 6) is -0.514. The van der Waals surface area contributed by atoms with Crippen LogP contribution in [0.15, 0.2) is 12.1 Å². The normalized spacial score (nSPS) is 26.7. The highest BCUT2D eigenvalue weighted by molar-refractivity contribution is 6.49. The number of hydroxylamine groups is 2. The third-order valence-corrected chi connectivity index (χ3v) is 6.33. The molecule has 2 saturated heterocycles. The van der Waals surface area contributed by atoms with E-state index in [1.54, 1.807) is 19.1 Å². The number of amides is 1. The highest BCUT2D eigenvalue weighted by Gasteiger charge is 2.66. The van der Waals surface area contributed by atoms with Crippen molar-refractivity contribution in [3.05, 3.63) is 34.4 Å². The Labute approximate surface area is 153 Å². The number of aryl methyl sites for hydroxylation is 3. The van der Waals surface area contributed by atoms with Crippen molar-refractivity contribution < 1.29 is 14.4 Å². The first-order valence-corrected chi connectivity index (χ1v) is 8.95. The summed E-state index contributed by atoms with van der Waals surface area (Å²) in [4.78, 5) is 31.9. The molecule has 0 N–H and O–H groups in total. The summed E-state index contributed by atoms with van der Waals surface area (Å²) in [7, 11) is 3.32. The Hall–Kier alpha value is -1.43. The van der Waals surface area contributed by atoms with E-state index < -0.39 is 10.4 Å². The molecule has 6 heteroatoms. The second-order valence-corrected chi connectivity index (χ2v) is 7.84. The van der Waals surface area contributed by atoms with Gasteiger partial charge in [0.05, 0.1) is 7.11 Å². The van der Waals surface area contributed by atoms with E-state index >= 15 is 0 Å². The van der Waals surface area contributed by atoms with Gasteiger partial charge in [-0.3, -0.25) is 9.59 Å². The average molecular weight is 365 g/mol. The minimum Gasteiger partial charge on any atom is -0.331 e. The standard InChI is InChI=1S/C19H25ClN2O3/c1-12-10-13(2)15(14(3)11-12)19(20)16(23)18(21(4)17(19)24)6-8-22(25-5)9-7-18/h10-11H,6-9H2,1-5H3. The fraction of sp³-hybridized carbons (Fsp3) is 0.579. The van der Waals surface area contributed by atoms with Gasteiger partial charge >= 0.3 is 0 Å². The van der Waals surface area contributed by atoms with Crippen LogP contribution in [0.2, 0.25) is 0 Å². The number of likely N-dealkylation sites (N-methyl/N-ethyl adjacent to an activating group) is 1. The monoisotopic (exact) mass is 364 g/mol. The number of likely N-dealkylation sites (tertiary alicyclic amines) is 1. The third-order valence-electron chi connectivity index (χ3n) is 5.81. The number of alkyl halides is 1. The van der Waals surface area contributed by atoms with E-state index in [-0.39, 0.29) is 11.7 Å². The maximum atomic E-state index is 13.6. The SMILES string of the molecule is CON1CCC2(CC1)C(=O)C(Cl)(c1c(C)cc(C)cc1C)C(=O)N2C.